The summed E-state index contributed by atoms with van der Waals surface area (Å²) in [7, 11) is 0. The van der Waals surface area contributed by atoms with Gasteiger partial charge in [0.2, 0.25) is 9.92 Å². The third-order valence-electron chi connectivity index (χ3n) is 4.32. The van der Waals surface area contributed by atoms with Crippen LogP contribution in [0.2, 0.25) is 0 Å². The van der Waals surface area contributed by atoms with Crippen LogP contribution >= 0.6 is 22.7 Å². The molecular weight excluding hydrogens is 364 g/mol. The largest absolute Gasteiger partial charge is 0.272 e. The van der Waals surface area contributed by atoms with E-state index in [0.717, 1.165) is 9.92 Å². The van der Waals surface area contributed by atoms with Crippen molar-refractivity contribution in [1.82, 2.24) is 29.2 Å². The lowest BCUT2D eigenvalue weighted by Gasteiger charge is -1.94. The lowest BCUT2D eigenvalue weighted by molar-refractivity contribution is 1.11. The lowest BCUT2D eigenvalue weighted by atomic mass is 10.2. The summed E-state index contributed by atoms with van der Waals surface area (Å²) in [6, 6.07) is 12.6. The SMILES string of the molecule is Cc1cccc2sc3nncn3c12.Cc1cccc2sc3nncn3c12. The van der Waals surface area contributed by atoms with Gasteiger partial charge in [0.15, 0.2) is 0 Å². The van der Waals surface area contributed by atoms with Crippen molar-refractivity contribution < 1.29 is 0 Å². The fourth-order valence-corrected chi connectivity index (χ4v) is 5.19. The van der Waals surface area contributed by atoms with Gasteiger partial charge in [-0.1, -0.05) is 46.9 Å². The number of rotatable bonds is 0. The van der Waals surface area contributed by atoms with E-state index in [1.165, 1.54) is 31.6 Å². The Morgan fingerprint density at radius 1 is 0.692 bits per heavy atom. The van der Waals surface area contributed by atoms with Gasteiger partial charge >= 0.3 is 0 Å². The van der Waals surface area contributed by atoms with Crippen LogP contribution in [-0.4, -0.2) is 29.2 Å². The number of hydrogen-bond donors (Lipinski definition) is 0. The number of nitrogens with zero attached hydrogens (tertiary/aromatic N) is 6. The number of thiazole rings is 2. The van der Waals surface area contributed by atoms with Crippen molar-refractivity contribution in [2.24, 2.45) is 0 Å². The van der Waals surface area contributed by atoms with Crippen molar-refractivity contribution >= 4 is 53.0 Å². The van der Waals surface area contributed by atoms with Crippen LogP contribution < -0.4 is 0 Å². The molecule has 0 amide bonds. The number of benzene rings is 2. The van der Waals surface area contributed by atoms with E-state index in [-0.39, 0.29) is 0 Å². The van der Waals surface area contributed by atoms with Gasteiger partial charge in [-0.05, 0) is 37.1 Å². The minimum absolute atomic E-state index is 0.962. The molecule has 0 aliphatic carbocycles. The van der Waals surface area contributed by atoms with Gasteiger partial charge < -0.3 is 0 Å². The lowest BCUT2D eigenvalue weighted by Crippen LogP contribution is -1.80. The molecule has 0 saturated carbocycles. The van der Waals surface area contributed by atoms with E-state index in [0.29, 0.717) is 0 Å². The molecule has 0 saturated heterocycles. The third kappa shape index (κ3) is 2.30. The van der Waals surface area contributed by atoms with E-state index in [4.69, 9.17) is 0 Å². The molecule has 26 heavy (non-hydrogen) atoms. The minimum Gasteiger partial charge on any atom is -0.272 e. The average Bonchev–Trinajstić information content (AvgIpc) is 3.34. The summed E-state index contributed by atoms with van der Waals surface area (Å²) in [6.07, 6.45) is 3.53. The standard InChI is InChI=1S/2C9H7N3S/c2*1-6-3-2-4-7-8(6)12-5-10-11-9(12)13-7/h2*2-5H,1H3. The van der Waals surface area contributed by atoms with Gasteiger partial charge in [-0.3, -0.25) is 8.80 Å². The molecule has 0 aliphatic heterocycles. The van der Waals surface area contributed by atoms with E-state index < -0.39 is 0 Å². The first-order chi connectivity index (χ1) is 12.7. The second-order valence-electron chi connectivity index (χ2n) is 6.01. The maximum absolute atomic E-state index is 4.03. The van der Waals surface area contributed by atoms with Gasteiger partial charge in [0.05, 0.1) is 20.4 Å². The molecule has 0 unspecified atom stereocenters. The Morgan fingerprint density at radius 3 is 1.62 bits per heavy atom. The Balaban J connectivity index is 0.000000115. The van der Waals surface area contributed by atoms with Crippen molar-refractivity contribution in [3.63, 3.8) is 0 Å². The van der Waals surface area contributed by atoms with Crippen LogP contribution in [0.4, 0.5) is 0 Å². The third-order valence-corrected chi connectivity index (χ3v) is 6.34. The maximum Gasteiger partial charge on any atom is 0.217 e. The van der Waals surface area contributed by atoms with Crippen molar-refractivity contribution in [3.8, 4) is 0 Å². The van der Waals surface area contributed by atoms with Crippen molar-refractivity contribution in [1.29, 1.82) is 0 Å². The van der Waals surface area contributed by atoms with Gasteiger partial charge in [-0.15, -0.1) is 20.4 Å². The smallest absolute Gasteiger partial charge is 0.217 e. The first kappa shape index (κ1) is 15.4. The molecule has 6 rings (SSSR count). The highest BCUT2D eigenvalue weighted by Crippen LogP contribution is 2.27. The zero-order valence-corrected chi connectivity index (χ0v) is 15.8. The molecule has 0 radical (unpaired) electrons. The summed E-state index contributed by atoms with van der Waals surface area (Å²) < 4.78 is 6.61. The van der Waals surface area contributed by atoms with E-state index >= 15 is 0 Å². The number of para-hydroxylation sites is 2. The number of hydrogen-bond acceptors (Lipinski definition) is 6. The maximum atomic E-state index is 4.03. The highest BCUT2D eigenvalue weighted by atomic mass is 32.1. The molecule has 8 heteroatoms. The first-order valence-electron chi connectivity index (χ1n) is 8.08. The van der Waals surface area contributed by atoms with Crippen LogP contribution in [0.3, 0.4) is 0 Å². The summed E-state index contributed by atoms with van der Waals surface area (Å²) in [4.78, 5) is 1.92. The van der Waals surface area contributed by atoms with Crippen molar-refractivity contribution in [3.05, 3.63) is 60.2 Å². The van der Waals surface area contributed by atoms with Crippen LogP contribution in [0, 0.1) is 13.8 Å². The number of aryl methyl sites for hydroxylation is 2. The molecule has 2 aromatic carbocycles. The van der Waals surface area contributed by atoms with Gasteiger partial charge in [-0.25, -0.2) is 0 Å². The van der Waals surface area contributed by atoms with Crippen LogP contribution in [-0.2, 0) is 0 Å². The molecule has 4 heterocycles. The van der Waals surface area contributed by atoms with Crippen LogP contribution in [0.1, 0.15) is 11.1 Å². The highest BCUT2D eigenvalue weighted by molar-refractivity contribution is 7.23. The van der Waals surface area contributed by atoms with Gasteiger partial charge in [0, 0.05) is 0 Å². The quantitative estimate of drug-likeness (QED) is 0.390. The highest BCUT2D eigenvalue weighted by Gasteiger charge is 2.07. The van der Waals surface area contributed by atoms with Crippen LogP contribution in [0.25, 0.3) is 30.4 Å². The predicted molar refractivity (Wildman–Crippen MR) is 106 cm³/mol. The van der Waals surface area contributed by atoms with E-state index in [9.17, 15) is 0 Å². The second-order valence-corrected chi connectivity index (χ2v) is 8.03. The monoisotopic (exact) mass is 378 g/mol. The Hall–Kier alpha value is -2.84. The van der Waals surface area contributed by atoms with Gasteiger partial charge in [-0.2, -0.15) is 0 Å². The summed E-state index contributed by atoms with van der Waals surface area (Å²) in [5, 5.41) is 15.8. The summed E-state index contributed by atoms with van der Waals surface area (Å²) in [5.41, 5.74) is 4.99. The Labute approximate surface area is 156 Å². The minimum atomic E-state index is 0.962. The molecule has 6 aromatic rings. The molecule has 0 N–H and O–H groups in total. The Morgan fingerprint density at radius 2 is 1.15 bits per heavy atom. The van der Waals surface area contributed by atoms with E-state index in [1.807, 2.05) is 8.80 Å². The summed E-state index contributed by atoms with van der Waals surface area (Å²) in [5.74, 6) is 0. The molecule has 0 spiro atoms. The molecule has 0 atom stereocenters. The second kappa shape index (κ2) is 5.86. The molecule has 6 nitrogen and oxygen atoms in total. The summed E-state index contributed by atoms with van der Waals surface area (Å²) >= 11 is 3.34. The van der Waals surface area contributed by atoms with Crippen molar-refractivity contribution in [2.45, 2.75) is 13.8 Å². The molecule has 128 valence electrons. The number of aromatic nitrogens is 6. The zero-order valence-electron chi connectivity index (χ0n) is 14.1. The van der Waals surface area contributed by atoms with E-state index in [2.05, 4.69) is 70.6 Å². The van der Waals surface area contributed by atoms with Gasteiger partial charge in [0.25, 0.3) is 0 Å². The van der Waals surface area contributed by atoms with Crippen molar-refractivity contribution in [2.75, 3.05) is 0 Å². The number of fused-ring (bicyclic) bond motifs is 6. The Bertz CT molecular complexity index is 1260. The van der Waals surface area contributed by atoms with Crippen LogP contribution in [0.15, 0.2) is 49.1 Å². The summed E-state index contributed by atoms with van der Waals surface area (Å²) in [6.45, 7) is 4.21. The van der Waals surface area contributed by atoms with Gasteiger partial charge in [0.1, 0.15) is 12.7 Å². The zero-order chi connectivity index (χ0) is 17.7. The molecule has 0 aliphatic rings. The molecule has 0 bridgehead atoms. The van der Waals surface area contributed by atoms with Crippen LogP contribution in [0.5, 0.6) is 0 Å². The first-order valence-corrected chi connectivity index (χ1v) is 9.71. The Kier molecular flexibility index (Phi) is 3.47. The normalized spacial score (nSPS) is 11.5. The predicted octanol–water partition coefficient (Wildman–Crippen LogP) is 4.50. The average molecular weight is 378 g/mol. The van der Waals surface area contributed by atoms with E-state index in [1.54, 1.807) is 35.3 Å². The fraction of sp³-hybridized carbons (Fsp3) is 0.111. The topological polar surface area (TPSA) is 60.4 Å². The molecular formula is C18H14N6S2. The molecule has 4 aromatic heterocycles. The molecule has 0 fully saturated rings. The fourth-order valence-electron chi connectivity index (χ4n) is 3.14.